The van der Waals surface area contributed by atoms with Gasteiger partial charge < -0.3 is 9.64 Å². The zero-order valence-electron chi connectivity index (χ0n) is 11.7. The van der Waals surface area contributed by atoms with Gasteiger partial charge in [-0.2, -0.15) is 0 Å². The quantitative estimate of drug-likeness (QED) is 0.705. The van der Waals surface area contributed by atoms with E-state index in [0.29, 0.717) is 13.1 Å². The van der Waals surface area contributed by atoms with E-state index in [1.54, 1.807) is 17.1 Å². The molecule has 0 aromatic heterocycles. The molecule has 0 atom stereocenters. The lowest BCUT2D eigenvalue weighted by Gasteiger charge is -2.20. The molecule has 0 spiro atoms. The Morgan fingerprint density at radius 2 is 1.89 bits per heavy atom. The van der Waals surface area contributed by atoms with E-state index in [1.807, 2.05) is 32.0 Å². The molecule has 3 nitrogen and oxygen atoms in total. The van der Waals surface area contributed by atoms with Crippen LogP contribution in [0.1, 0.15) is 11.1 Å². The van der Waals surface area contributed by atoms with Gasteiger partial charge in [0.2, 0.25) is 0 Å². The largest absolute Gasteiger partial charge is 0.483 e. The topological polar surface area (TPSA) is 29.5 Å². The summed E-state index contributed by atoms with van der Waals surface area (Å²) in [5.41, 5.74) is 2.22. The lowest BCUT2D eigenvalue weighted by Crippen LogP contribution is -2.35. The van der Waals surface area contributed by atoms with Gasteiger partial charge in [0.25, 0.3) is 5.91 Å². The second-order valence-electron chi connectivity index (χ2n) is 4.36. The van der Waals surface area contributed by atoms with Crippen molar-refractivity contribution in [3.63, 3.8) is 0 Å². The molecule has 1 rings (SSSR count). The lowest BCUT2D eigenvalue weighted by atomic mass is 10.1. The van der Waals surface area contributed by atoms with Gasteiger partial charge in [-0.3, -0.25) is 4.79 Å². The second-order valence-corrected chi connectivity index (χ2v) is 4.36. The summed E-state index contributed by atoms with van der Waals surface area (Å²) in [5.74, 6) is 0.686. The van der Waals surface area contributed by atoms with Crippen LogP contribution < -0.4 is 4.74 Å². The molecule has 0 aliphatic carbocycles. The molecular weight excluding hydrogens is 238 g/mol. The highest BCUT2D eigenvalue weighted by molar-refractivity contribution is 5.78. The molecule has 0 aliphatic rings. The minimum atomic E-state index is -0.0688. The zero-order valence-corrected chi connectivity index (χ0v) is 11.7. The summed E-state index contributed by atoms with van der Waals surface area (Å²) in [7, 11) is 0. The maximum atomic E-state index is 12.0. The summed E-state index contributed by atoms with van der Waals surface area (Å²) in [5, 5.41) is 0. The normalized spacial score (nSPS) is 9.79. The van der Waals surface area contributed by atoms with Gasteiger partial charge in [-0.25, -0.2) is 0 Å². The lowest BCUT2D eigenvalue weighted by molar-refractivity contribution is -0.132. The number of carbonyl (C=O) groups excluding carboxylic acids is 1. The number of ether oxygens (including phenoxy) is 1. The molecule has 0 saturated heterocycles. The van der Waals surface area contributed by atoms with E-state index in [0.717, 1.165) is 16.9 Å². The van der Waals surface area contributed by atoms with Crippen LogP contribution >= 0.6 is 0 Å². The fraction of sp³-hybridized carbons (Fsp3) is 0.312. The molecule has 0 bridgehead atoms. The van der Waals surface area contributed by atoms with Crippen molar-refractivity contribution in [2.75, 3.05) is 19.7 Å². The van der Waals surface area contributed by atoms with E-state index >= 15 is 0 Å². The minimum Gasteiger partial charge on any atom is -0.483 e. The first-order valence-electron chi connectivity index (χ1n) is 6.28. The summed E-state index contributed by atoms with van der Waals surface area (Å²) in [4.78, 5) is 13.6. The second kappa shape index (κ2) is 7.41. The predicted molar refractivity (Wildman–Crippen MR) is 78.4 cm³/mol. The van der Waals surface area contributed by atoms with Gasteiger partial charge in [-0.15, -0.1) is 13.2 Å². The summed E-state index contributed by atoms with van der Waals surface area (Å²) >= 11 is 0. The molecule has 102 valence electrons. The van der Waals surface area contributed by atoms with Gasteiger partial charge in [-0.1, -0.05) is 24.3 Å². The summed E-state index contributed by atoms with van der Waals surface area (Å²) in [6, 6.07) is 5.82. The fourth-order valence-corrected chi connectivity index (χ4v) is 1.70. The minimum absolute atomic E-state index is 0.0337. The van der Waals surface area contributed by atoms with Gasteiger partial charge in [0.05, 0.1) is 0 Å². The van der Waals surface area contributed by atoms with Crippen molar-refractivity contribution >= 4 is 5.91 Å². The standard InChI is InChI=1S/C16H21NO2/c1-5-10-17(11-6-2)16(18)12-19-15-9-7-8-13(3)14(15)4/h5-9H,1-2,10-12H2,3-4H3. The van der Waals surface area contributed by atoms with Crippen LogP contribution in [0.3, 0.4) is 0 Å². The molecule has 19 heavy (non-hydrogen) atoms. The van der Waals surface area contributed by atoms with E-state index in [4.69, 9.17) is 4.74 Å². The predicted octanol–water partition coefficient (Wildman–Crippen LogP) is 2.88. The van der Waals surface area contributed by atoms with Gasteiger partial charge in [-0.05, 0) is 31.0 Å². The Hall–Kier alpha value is -2.03. The number of amides is 1. The van der Waals surface area contributed by atoms with E-state index in [1.165, 1.54) is 0 Å². The van der Waals surface area contributed by atoms with Crippen LogP contribution in [0.15, 0.2) is 43.5 Å². The average molecular weight is 259 g/mol. The summed E-state index contributed by atoms with van der Waals surface area (Å²) in [6.45, 7) is 12.3. The number of hydrogen-bond acceptors (Lipinski definition) is 2. The average Bonchev–Trinajstić information content (AvgIpc) is 2.40. The first-order valence-corrected chi connectivity index (χ1v) is 6.28. The SMILES string of the molecule is C=CCN(CC=C)C(=O)COc1cccc(C)c1C. The monoisotopic (exact) mass is 259 g/mol. The smallest absolute Gasteiger partial charge is 0.261 e. The van der Waals surface area contributed by atoms with E-state index < -0.39 is 0 Å². The molecule has 1 aromatic carbocycles. The van der Waals surface area contributed by atoms with Crippen molar-refractivity contribution in [2.45, 2.75) is 13.8 Å². The molecule has 0 radical (unpaired) electrons. The van der Waals surface area contributed by atoms with Crippen molar-refractivity contribution < 1.29 is 9.53 Å². The summed E-state index contributed by atoms with van der Waals surface area (Å²) < 4.78 is 5.59. The molecule has 0 saturated carbocycles. The Bertz CT molecular complexity index is 456. The molecule has 1 aromatic rings. The molecule has 0 fully saturated rings. The van der Waals surface area contributed by atoms with Crippen LogP contribution in [-0.4, -0.2) is 30.5 Å². The third-order valence-electron chi connectivity index (χ3n) is 2.96. The highest BCUT2D eigenvalue weighted by Gasteiger charge is 2.12. The Balaban J connectivity index is 2.64. The van der Waals surface area contributed by atoms with Gasteiger partial charge in [0, 0.05) is 13.1 Å². The van der Waals surface area contributed by atoms with E-state index in [-0.39, 0.29) is 12.5 Å². The molecule has 3 heteroatoms. The van der Waals surface area contributed by atoms with Crippen LogP contribution in [0, 0.1) is 13.8 Å². The van der Waals surface area contributed by atoms with Crippen LogP contribution in [0.2, 0.25) is 0 Å². The summed E-state index contributed by atoms with van der Waals surface area (Å²) in [6.07, 6.45) is 3.39. The number of hydrogen-bond donors (Lipinski definition) is 0. The maximum absolute atomic E-state index is 12.0. The highest BCUT2D eigenvalue weighted by Crippen LogP contribution is 2.20. The Kier molecular flexibility index (Phi) is 5.86. The van der Waals surface area contributed by atoms with Gasteiger partial charge >= 0.3 is 0 Å². The van der Waals surface area contributed by atoms with Crippen molar-refractivity contribution in [3.8, 4) is 5.75 Å². The third-order valence-corrected chi connectivity index (χ3v) is 2.96. The molecule has 0 N–H and O–H groups in total. The zero-order chi connectivity index (χ0) is 14.3. The molecule has 0 aliphatic heterocycles. The maximum Gasteiger partial charge on any atom is 0.261 e. The van der Waals surface area contributed by atoms with Crippen molar-refractivity contribution in [1.29, 1.82) is 0 Å². The van der Waals surface area contributed by atoms with Crippen molar-refractivity contribution in [2.24, 2.45) is 0 Å². The van der Waals surface area contributed by atoms with E-state index in [2.05, 4.69) is 13.2 Å². The third kappa shape index (κ3) is 4.28. The highest BCUT2D eigenvalue weighted by atomic mass is 16.5. The molecule has 0 heterocycles. The van der Waals surface area contributed by atoms with Gasteiger partial charge in [0.15, 0.2) is 6.61 Å². The van der Waals surface area contributed by atoms with E-state index in [9.17, 15) is 4.79 Å². The van der Waals surface area contributed by atoms with Crippen LogP contribution in [0.4, 0.5) is 0 Å². The molecule has 1 amide bonds. The van der Waals surface area contributed by atoms with Crippen LogP contribution in [-0.2, 0) is 4.79 Å². The Morgan fingerprint density at radius 1 is 1.26 bits per heavy atom. The van der Waals surface area contributed by atoms with Gasteiger partial charge in [0.1, 0.15) is 5.75 Å². The van der Waals surface area contributed by atoms with Crippen molar-refractivity contribution in [3.05, 3.63) is 54.6 Å². The number of rotatable bonds is 7. The molecule has 0 unspecified atom stereocenters. The van der Waals surface area contributed by atoms with Crippen molar-refractivity contribution in [1.82, 2.24) is 4.90 Å². The first kappa shape index (κ1) is 15.0. The molecular formula is C16H21NO2. The number of carbonyl (C=O) groups is 1. The first-order chi connectivity index (χ1) is 9.10. The van der Waals surface area contributed by atoms with Crippen LogP contribution in [0.5, 0.6) is 5.75 Å². The number of benzene rings is 1. The fourth-order valence-electron chi connectivity index (χ4n) is 1.70. The Labute approximate surface area is 115 Å². The number of aryl methyl sites for hydroxylation is 1. The van der Waals surface area contributed by atoms with Crippen LogP contribution in [0.25, 0.3) is 0 Å². The number of nitrogens with zero attached hydrogens (tertiary/aromatic N) is 1. The Morgan fingerprint density at radius 3 is 2.47 bits per heavy atom.